The minimum atomic E-state index is 0.546. The van der Waals surface area contributed by atoms with Crippen molar-refractivity contribution in [1.29, 1.82) is 0 Å². The molecular formula is C12H15BrN4. The molecule has 5 heteroatoms. The number of aromatic nitrogens is 3. The van der Waals surface area contributed by atoms with Gasteiger partial charge in [0, 0.05) is 23.1 Å². The first-order valence-corrected chi connectivity index (χ1v) is 6.85. The third kappa shape index (κ3) is 2.50. The monoisotopic (exact) mass is 294 g/mol. The molecule has 1 atom stereocenters. The van der Waals surface area contributed by atoms with Gasteiger partial charge in [-0.05, 0) is 47.4 Å². The van der Waals surface area contributed by atoms with E-state index < -0.39 is 0 Å². The van der Waals surface area contributed by atoms with E-state index in [0.717, 1.165) is 28.9 Å². The second-order valence-corrected chi connectivity index (χ2v) is 5.44. The highest BCUT2D eigenvalue weighted by molar-refractivity contribution is 9.10. The van der Waals surface area contributed by atoms with Crippen LogP contribution in [0.4, 0.5) is 0 Å². The third-order valence-corrected chi connectivity index (χ3v) is 3.65. The van der Waals surface area contributed by atoms with E-state index in [0.29, 0.717) is 6.04 Å². The van der Waals surface area contributed by atoms with Crippen molar-refractivity contribution in [2.24, 2.45) is 0 Å². The van der Waals surface area contributed by atoms with Crippen LogP contribution in [0.1, 0.15) is 25.1 Å². The maximum Gasteiger partial charge on any atom is 0.155 e. The number of nitrogens with one attached hydrogen (secondary N) is 1. The molecule has 0 bridgehead atoms. The van der Waals surface area contributed by atoms with Crippen LogP contribution in [0.15, 0.2) is 22.8 Å². The van der Waals surface area contributed by atoms with Crippen molar-refractivity contribution in [1.82, 2.24) is 19.9 Å². The van der Waals surface area contributed by atoms with Crippen LogP contribution in [-0.4, -0.2) is 27.2 Å². The molecule has 1 N–H and O–H groups in total. The number of hydrogen-bond donors (Lipinski definition) is 1. The lowest BCUT2D eigenvalue weighted by Gasteiger charge is -2.21. The molecular weight excluding hydrogens is 280 g/mol. The predicted molar refractivity (Wildman–Crippen MR) is 70.0 cm³/mol. The molecule has 90 valence electrons. The van der Waals surface area contributed by atoms with Gasteiger partial charge in [-0.2, -0.15) is 5.10 Å². The normalized spacial score (nSPS) is 20.9. The molecule has 0 saturated carbocycles. The summed E-state index contributed by atoms with van der Waals surface area (Å²) in [6.07, 6.45) is 6.72. The van der Waals surface area contributed by atoms with Crippen molar-refractivity contribution < 1.29 is 0 Å². The van der Waals surface area contributed by atoms with Gasteiger partial charge in [-0.25, -0.2) is 9.50 Å². The molecule has 1 saturated heterocycles. The highest BCUT2D eigenvalue weighted by Gasteiger charge is 2.15. The van der Waals surface area contributed by atoms with Crippen LogP contribution in [0.25, 0.3) is 5.65 Å². The van der Waals surface area contributed by atoms with Crippen LogP contribution in [0.5, 0.6) is 0 Å². The van der Waals surface area contributed by atoms with E-state index in [1.54, 1.807) is 0 Å². The number of fused-ring (bicyclic) bond motifs is 1. The molecule has 0 aliphatic carbocycles. The van der Waals surface area contributed by atoms with Crippen LogP contribution in [0.2, 0.25) is 0 Å². The fourth-order valence-corrected chi connectivity index (χ4v) is 2.64. The van der Waals surface area contributed by atoms with Crippen LogP contribution in [-0.2, 0) is 6.42 Å². The summed E-state index contributed by atoms with van der Waals surface area (Å²) < 4.78 is 2.86. The Balaban J connectivity index is 1.80. The average molecular weight is 295 g/mol. The lowest BCUT2D eigenvalue weighted by molar-refractivity contribution is 0.394. The Morgan fingerprint density at radius 2 is 2.35 bits per heavy atom. The summed E-state index contributed by atoms with van der Waals surface area (Å²) in [6.45, 7) is 1.13. The number of rotatable bonds is 2. The Kier molecular flexibility index (Phi) is 3.11. The largest absolute Gasteiger partial charge is 0.314 e. The minimum absolute atomic E-state index is 0.546. The van der Waals surface area contributed by atoms with Gasteiger partial charge in [0.2, 0.25) is 0 Å². The first-order valence-electron chi connectivity index (χ1n) is 6.05. The average Bonchev–Trinajstić information content (AvgIpc) is 2.71. The lowest BCUT2D eigenvalue weighted by Crippen LogP contribution is -2.35. The molecule has 2 aromatic rings. The second kappa shape index (κ2) is 4.74. The summed E-state index contributed by atoms with van der Waals surface area (Å²) in [6, 6.07) is 4.52. The number of nitrogens with zero attached hydrogens (tertiary/aromatic N) is 3. The van der Waals surface area contributed by atoms with Gasteiger partial charge in [0.05, 0.1) is 0 Å². The quantitative estimate of drug-likeness (QED) is 0.923. The van der Waals surface area contributed by atoms with Crippen molar-refractivity contribution in [2.75, 3.05) is 6.54 Å². The van der Waals surface area contributed by atoms with Crippen molar-refractivity contribution >= 4 is 21.6 Å². The third-order valence-electron chi connectivity index (χ3n) is 3.18. The number of hydrogen-bond acceptors (Lipinski definition) is 3. The van der Waals surface area contributed by atoms with E-state index in [9.17, 15) is 0 Å². The molecule has 0 amide bonds. The Morgan fingerprint density at radius 1 is 1.41 bits per heavy atom. The number of piperidine rings is 1. The Morgan fingerprint density at radius 3 is 3.18 bits per heavy atom. The van der Waals surface area contributed by atoms with Gasteiger partial charge in [0.25, 0.3) is 0 Å². The summed E-state index contributed by atoms with van der Waals surface area (Å²) >= 11 is 3.44. The highest BCUT2D eigenvalue weighted by atomic mass is 79.9. The van der Waals surface area contributed by atoms with E-state index in [4.69, 9.17) is 0 Å². The van der Waals surface area contributed by atoms with Crippen LogP contribution in [0.3, 0.4) is 0 Å². The molecule has 0 radical (unpaired) electrons. The molecule has 0 aromatic carbocycles. The first-order chi connectivity index (χ1) is 8.31. The smallest absolute Gasteiger partial charge is 0.155 e. The van der Waals surface area contributed by atoms with Gasteiger partial charge in [-0.1, -0.05) is 6.42 Å². The second-order valence-electron chi connectivity index (χ2n) is 4.53. The summed E-state index contributed by atoms with van der Waals surface area (Å²) in [7, 11) is 0. The van der Waals surface area contributed by atoms with Gasteiger partial charge in [0.15, 0.2) is 11.5 Å². The predicted octanol–water partition coefficient (Wildman–Crippen LogP) is 2.18. The Labute approximate surface area is 109 Å². The number of pyridine rings is 1. The van der Waals surface area contributed by atoms with Crippen LogP contribution >= 0.6 is 15.9 Å². The van der Waals surface area contributed by atoms with Crippen LogP contribution < -0.4 is 5.32 Å². The molecule has 3 heterocycles. The first kappa shape index (κ1) is 11.2. The summed E-state index contributed by atoms with van der Waals surface area (Å²) in [5, 5.41) is 8.03. The SMILES string of the molecule is Brc1ccc2nc(CC3CCCCN3)nn2c1. The standard InChI is InChI=1S/C12H15BrN4/c13-9-4-5-12-15-11(16-17(12)8-9)7-10-3-1-2-6-14-10/h4-5,8,10,14H,1-3,6-7H2. The summed E-state index contributed by atoms with van der Waals surface area (Å²) in [5.41, 5.74) is 0.916. The van der Waals surface area contributed by atoms with E-state index in [1.807, 2.05) is 22.8 Å². The van der Waals surface area contributed by atoms with Crippen LogP contribution in [0, 0.1) is 0 Å². The zero-order chi connectivity index (χ0) is 11.7. The molecule has 1 fully saturated rings. The van der Waals surface area contributed by atoms with Crippen molar-refractivity contribution in [3.8, 4) is 0 Å². The topological polar surface area (TPSA) is 42.2 Å². The van der Waals surface area contributed by atoms with E-state index in [2.05, 4.69) is 31.3 Å². The molecule has 17 heavy (non-hydrogen) atoms. The van der Waals surface area contributed by atoms with Gasteiger partial charge >= 0.3 is 0 Å². The fraction of sp³-hybridized carbons (Fsp3) is 0.500. The van der Waals surface area contributed by atoms with Gasteiger partial charge in [0.1, 0.15) is 0 Å². The number of halogens is 1. The van der Waals surface area contributed by atoms with E-state index in [1.165, 1.54) is 19.3 Å². The summed E-state index contributed by atoms with van der Waals surface area (Å²) in [4.78, 5) is 4.54. The summed E-state index contributed by atoms with van der Waals surface area (Å²) in [5.74, 6) is 0.933. The van der Waals surface area contributed by atoms with Gasteiger partial charge in [-0.15, -0.1) is 0 Å². The highest BCUT2D eigenvalue weighted by Crippen LogP contribution is 2.13. The molecule has 3 rings (SSSR count). The Hall–Kier alpha value is -0.940. The fourth-order valence-electron chi connectivity index (χ4n) is 2.31. The lowest BCUT2D eigenvalue weighted by atomic mass is 10.0. The van der Waals surface area contributed by atoms with Crippen molar-refractivity contribution in [3.05, 3.63) is 28.6 Å². The molecule has 0 spiro atoms. The van der Waals surface area contributed by atoms with E-state index in [-0.39, 0.29) is 0 Å². The zero-order valence-electron chi connectivity index (χ0n) is 9.56. The maximum absolute atomic E-state index is 4.54. The Bertz CT molecular complexity index is 516. The van der Waals surface area contributed by atoms with Gasteiger partial charge < -0.3 is 5.32 Å². The maximum atomic E-state index is 4.54. The van der Waals surface area contributed by atoms with Gasteiger partial charge in [-0.3, -0.25) is 0 Å². The van der Waals surface area contributed by atoms with E-state index >= 15 is 0 Å². The molecule has 1 aliphatic heterocycles. The molecule has 1 unspecified atom stereocenters. The van der Waals surface area contributed by atoms with Crippen molar-refractivity contribution in [2.45, 2.75) is 31.7 Å². The zero-order valence-corrected chi connectivity index (χ0v) is 11.2. The van der Waals surface area contributed by atoms with Crippen molar-refractivity contribution in [3.63, 3.8) is 0 Å². The molecule has 1 aliphatic rings. The molecule has 2 aromatic heterocycles. The molecule has 4 nitrogen and oxygen atoms in total. The minimum Gasteiger partial charge on any atom is -0.314 e.